The zero-order valence-corrected chi connectivity index (χ0v) is 15.6. The summed E-state index contributed by atoms with van der Waals surface area (Å²) < 4.78 is 43.3. The molecule has 0 radical (unpaired) electrons. The monoisotopic (exact) mass is 426 g/mol. The number of anilines is 2. The molecular weight excluding hydrogens is 413 g/mol. The van der Waals surface area contributed by atoms with Gasteiger partial charge in [0.2, 0.25) is 0 Å². The first-order valence-corrected chi connectivity index (χ1v) is 8.50. The first-order chi connectivity index (χ1) is 13.6. The number of alkyl halides is 3. The molecule has 0 spiro atoms. The number of halogens is 4. The SMILES string of the molecule is COC(=O)c1c(N)c2ccc(NCC(F)(F)F)nc2n(-c2ccc(Cl)cc2)c1=O. The summed E-state index contributed by atoms with van der Waals surface area (Å²) in [4.78, 5) is 29.3. The summed E-state index contributed by atoms with van der Waals surface area (Å²) in [6, 6.07) is 8.65. The van der Waals surface area contributed by atoms with Gasteiger partial charge in [0, 0.05) is 10.4 Å². The van der Waals surface area contributed by atoms with Crippen LogP contribution in [-0.4, -0.2) is 35.4 Å². The fourth-order valence-corrected chi connectivity index (χ4v) is 2.83. The van der Waals surface area contributed by atoms with Gasteiger partial charge < -0.3 is 15.8 Å². The lowest BCUT2D eigenvalue weighted by Gasteiger charge is -2.16. The van der Waals surface area contributed by atoms with E-state index in [1.54, 1.807) is 0 Å². The molecule has 1 aromatic carbocycles. The van der Waals surface area contributed by atoms with Crippen LogP contribution >= 0.6 is 11.6 Å². The Labute approximate surface area is 166 Å². The molecule has 0 aliphatic carbocycles. The van der Waals surface area contributed by atoms with Gasteiger partial charge in [-0.15, -0.1) is 0 Å². The molecule has 0 saturated heterocycles. The number of carbonyl (C=O) groups excluding carboxylic acids is 1. The van der Waals surface area contributed by atoms with Gasteiger partial charge in [-0.1, -0.05) is 11.6 Å². The van der Waals surface area contributed by atoms with Gasteiger partial charge in [-0.05, 0) is 36.4 Å². The molecule has 0 unspecified atom stereocenters. The van der Waals surface area contributed by atoms with E-state index >= 15 is 0 Å². The number of ether oxygens (including phenoxy) is 1. The van der Waals surface area contributed by atoms with Crippen molar-refractivity contribution in [2.45, 2.75) is 6.18 Å². The van der Waals surface area contributed by atoms with Crippen LogP contribution in [0.15, 0.2) is 41.2 Å². The van der Waals surface area contributed by atoms with Gasteiger partial charge in [-0.25, -0.2) is 9.78 Å². The number of nitrogen functional groups attached to an aromatic ring is 1. The Kier molecular flexibility index (Phi) is 5.38. The maximum absolute atomic E-state index is 13.0. The molecule has 152 valence electrons. The van der Waals surface area contributed by atoms with Gasteiger partial charge in [0.15, 0.2) is 5.65 Å². The highest BCUT2D eigenvalue weighted by Crippen LogP contribution is 2.26. The van der Waals surface area contributed by atoms with E-state index in [0.717, 1.165) is 11.7 Å². The van der Waals surface area contributed by atoms with Crippen molar-refractivity contribution in [3.05, 3.63) is 57.3 Å². The first-order valence-electron chi connectivity index (χ1n) is 8.12. The zero-order valence-electron chi connectivity index (χ0n) is 14.9. The summed E-state index contributed by atoms with van der Waals surface area (Å²) in [5.41, 5.74) is 4.82. The minimum absolute atomic E-state index is 0.0327. The van der Waals surface area contributed by atoms with Crippen LogP contribution in [0.2, 0.25) is 5.02 Å². The predicted octanol–water partition coefficient (Wildman–Crippen LogP) is 3.38. The third-order valence-corrected chi connectivity index (χ3v) is 4.26. The molecule has 0 bridgehead atoms. The number of nitrogens with zero attached hydrogens (tertiary/aromatic N) is 2. The molecular formula is C18H14ClF3N4O3. The summed E-state index contributed by atoms with van der Waals surface area (Å²) in [5, 5.41) is 2.74. The molecule has 2 heterocycles. The third kappa shape index (κ3) is 4.11. The summed E-state index contributed by atoms with van der Waals surface area (Å²) in [7, 11) is 1.10. The predicted molar refractivity (Wildman–Crippen MR) is 103 cm³/mol. The highest BCUT2D eigenvalue weighted by Gasteiger charge is 2.27. The Morgan fingerprint density at radius 3 is 2.48 bits per heavy atom. The summed E-state index contributed by atoms with van der Waals surface area (Å²) in [5.74, 6) is -1.07. The van der Waals surface area contributed by atoms with Gasteiger partial charge in [-0.3, -0.25) is 9.36 Å². The smallest absolute Gasteiger partial charge is 0.405 e. The lowest BCUT2D eigenvalue weighted by Crippen LogP contribution is -2.29. The van der Waals surface area contributed by atoms with Crippen LogP contribution in [-0.2, 0) is 4.74 Å². The van der Waals surface area contributed by atoms with E-state index in [2.05, 4.69) is 15.0 Å². The van der Waals surface area contributed by atoms with Crippen LogP contribution in [0, 0.1) is 0 Å². The van der Waals surface area contributed by atoms with Crippen molar-refractivity contribution in [1.29, 1.82) is 0 Å². The van der Waals surface area contributed by atoms with Crippen molar-refractivity contribution in [2.75, 3.05) is 24.7 Å². The number of aromatic nitrogens is 2. The van der Waals surface area contributed by atoms with Gasteiger partial charge in [0.05, 0.1) is 18.5 Å². The molecule has 3 aromatic rings. The Hall–Kier alpha value is -3.27. The Bertz CT molecular complexity index is 1140. The second kappa shape index (κ2) is 7.63. The molecule has 2 aromatic heterocycles. The lowest BCUT2D eigenvalue weighted by atomic mass is 10.1. The number of fused-ring (bicyclic) bond motifs is 1. The normalized spacial score (nSPS) is 11.5. The van der Waals surface area contributed by atoms with Gasteiger partial charge in [-0.2, -0.15) is 13.2 Å². The highest BCUT2D eigenvalue weighted by molar-refractivity contribution is 6.30. The first kappa shape index (κ1) is 20.5. The largest absolute Gasteiger partial charge is 0.465 e. The molecule has 0 fully saturated rings. The van der Waals surface area contributed by atoms with E-state index in [4.69, 9.17) is 17.3 Å². The van der Waals surface area contributed by atoms with E-state index in [-0.39, 0.29) is 28.2 Å². The molecule has 3 N–H and O–H groups in total. The van der Waals surface area contributed by atoms with E-state index in [1.807, 2.05) is 0 Å². The molecule has 3 rings (SSSR count). The molecule has 0 saturated carbocycles. The van der Waals surface area contributed by atoms with Crippen molar-refractivity contribution < 1.29 is 22.7 Å². The van der Waals surface area contributed by atoms with Gasteiger partial charge >= 0.3 is 12.1 Å². The molecule has 29 heavy (non-hydrogen) atoms. The lowest BCUT2D eigenvalue weighted by molar-refractivity contribution is -0.115. The summed E-state index contributed by atoms with van der Waals surface area (Å²) >= 11 is 5.88. The van der Waals surface area contributed by atoms with Crippen LogP contribution in [0.1, 0.15) is 10.4 Å². The zero-order chi connectivity index (χ0) is 21.3. The average Bonchev–Trinajstić information content (AvgIpc) is 2.67. The molecule has 0 aliphatic rings. The fourth-order valence-electron chi connectivity index (χ4n) is 2.71. The van der Waals surface area contributed by atoms with Crippen LogP contribution in [0.5, 0.6) is 0 Å². The van der Waals surface area contributed by atoms with E-state index in [1.165, 1.54) is 36.4 Å². The van der Waals surface area contributed by atoms with Crippen molar-refractivity contribution in [3.8, 4) is 5.69 Å². The number of esters is 1. The number of carbonyl (C=O) groups is 1. The Morgan fingerprint density at radius 1 is 1.24 bits per heavy atom. The number of nitrogens with one attached hydrogen (secondary N) is 1. The van der Waals surface area contributed by atoms with Crippen LogP contribution in [0.3, 0.4) is 0 Å². The maximum Gasteiger partial charge on any atom is 0.405 e. The molecule has 0 amide bonds. The van der Waals surface area contributed by atoms with Crippen molar-refractivity contribution in [2.24, 2.45) is 0 Å². The summed E-state index contributed by atoms with van der Waals surface area (Å²) in [6.07, 6.45) is -4.46. The molecule has 7 nitrogen and oxygen atoms in total. The number of methoxy groups -OCH3 is 1. The van der Waals surface area contributed by atoms with Crippen molar-refractivity contribution in [3.63, 3.8) is 0 Å². The number of nitrogens with two attached hydrogens (primary N) is 1. The molecule has 0 atom stereocenters. The number of hydrogen-bond acceptors (Lipinski definition) is 6. The standard InChI is InChI=1S/C18H14ClF3N4O3/c1-29-17(28)13-14(23)11-6-7-12(24-8-18(20,21)22)25-15(11)26(16(13)27)10-4-2-9(19)3-5-10/h2-7H,8,23H2,1H3,(H,24,25). The minimum Gasteiger partial charge on any atom is -0.465 e. The van der Waals surface area contributed by atoms with Crippen LogP contribution < -0.4 is 16.6 Å². The fraction of sp³-hybridized carbons (Fsp3) is 0.167. The van der Waals surface area contributed by atoms with Crippen LogP contribution in [0.25, 0.3) is 16.7 Å². The number of benzene rings is 1. The Morgan fingerprint density at radius 2 is 1.90 bits per heavy atom. The van der Waals surface area contributed by atoms with E-state index in [9.17, 15) is 22.8 Å². The number of pyridine rings is 2. The van der Waals surface area contributed by atoms with E-state index < -0.39 is 29.8 Å². The minimum atomic E-state index is -4.46. The molecule has 0 aliphatic heterocycles. The highest BCUT2D eigenvalue weighted by atomic mass is 35.5. The topological polar surface area (TPSA) is 99.2 Å². The Balaban J connectivity index is 2.31. The summed E-state index contributed by atoms with van der Waals surface area (Å²) in [6.45, 7) is -1.31. The quantitative estimate of drug-likeness (QED) is 0.620. The van der Waals surface area contributed by atoms with E-state index in [0.29, 0.717) is 5.02 Å². The number of rotatable bonds is 4. The third-order valence-electron chi connectivity index (χ3n) is 4.01. The second-order valence-corrected chi connectivity index (χ2v) is 6.37. The van der Waals surface area contributed by atoms with Gasteiger partial charge in [0.25, 0.3) is 5.56 Å². The number of hydrogen-bond donors (Lipinski definition) is 2. The molecule has 11 heteroatoms. The van der Waals surface area contributed by atoms with Crippen molar-refractivity contribution in [1.82, 2.24) is 9.55 Å². The van der Waals surface area contributed by atoms with Crippen LogP contribution in [0.4, 0.5) is 24.7 Å². The maximum atomic E-state index is 13.0. The van der Waals surface area contributed by atoms with Crippen molar-refractivity contribution >= 4 is 40.1 Å². The van der Waals surface area contributed by atoms with Gasteiger partial charge in [0.1, 0.15) is 17.9 Å². The average molecular weight is 427 g/mol. The second-order valence-electron chi connectivity index (χ2n) is 5.93.